The monoisotopic (exact) mass is 298 g/mol. The number of para-hydroxylation sites is 1. The van der Waals surface area contributed by atoms with Gasteiger partial charge in [-0.05, 0) is 32.9 Å². The normalized spacial score (nSPS) is 12.0. The van der Waals surface area contributed by atoms with Crippen molar-refractivity contribution in [3.05, 3.63) is 24.3 Å². The van der Waals surface area contributed by atoms with Gasteiger partial charge in [-0.15, -0.1) is 0 Å². The van der Waals surface area contributed by atoms with Crippen molar-refractivity contribution in [2.45, 2.75) is 37.6 Å². The van der Waals surface area contributed by atoms with Gasteiger partial charge < -0.3 is 10.6 Å². The zero-order chi connectivity index (χ0) is 15.4. The Kier molecular flexibility index (Phi) is 5.16. The summed E-state index contributed by atoms with van der Waals surface area (Å²) in [5.74, 6) is -0.0677. The van der Waals surface area contributed by atoms with Crippen LogP contribution in [0.4, 0.5) is 5.69 Å². The fourth-order valence-electron chi connectivity index (χ4n) is 1.73. The molecule has 0 saturated carbocycles. The summed E-state index contributed by atoms with van der Waals surface area (Å²) >= 11 is 0. The van der Waals surface area contributed by atoms with Crippen LogP contribution in [0.3, 0.4) is 0 Å². The lowest BCUT2D eigenvalue weighted by molar-refractivity contribution is -0.122. The quantitative estimate of drug-likeness (QED) is 0.869. The predicted octanol–water partition coefficient (Wildman–Crippen LogP) is 1.81. The van der Waals surface area contributed by atoms with Crippen molar-refractivity contribution in [1.82, 2.24) is 5.32 Å². The van der Waals surface area contributed by atoms with Crippen molar-refractivity contribution >= 4 is 21.4 Å². The number of nitrogens with one attached hydrogen (secondary N) is 2. The van der Waals surface area contributed by atoms with Crippen molar-refractivity contribution < 1.29 is 13.2 Å². The van der Waals surface area contributed by atoms with E-state index >= 15 is 0 Å². The summed E-state index contributed by atoms with van der Waals surface area (Å²) in [6, 6.07) is 6.67. The third-order valence-electron chi connectivity index (χ3n) is 2.47. The van der Waals surface area contributed by atoms with E-state index in [-0.39, 0.29) is 22.8 Å². The Bertz CT molecular complexity index is 574. The maximum absolute atomic E-state index is 11.7. The summed E-state index contributed by atoms with van der Waals surface area (Å²) in [5, 5.41) is 5.85. The molecule has 2 N–H and O–H groups in total. The van der Waals surface area contributed by atoms with E-state index in [1.807, 2.05) is 20.8 Å². The van der Waals surface area contributed by atoms with Crippen LogP contribution in [-0.4, -0.2) is 32.7 Å². The van der Waals surface area contributed by atoms with Crippen LogP contribution in [0, 0.1) is 0 Å². The number of hydrogen-bond acceptors (Lipinski definition) is 4. The van der Waals surface area contributed by atoms with Crippen LogP contribution in [-0.2, 0) is 14.6 Å². The molecule has 0 bridgehead atoms. The van der Waals surface area contributed by atoms with E-state index in [9.17, 15) is 13.2 Å². The van der Waals surface area contributed by atoms with Gasteiger partial charge in [0.25, 0.3) is 0 Å². The molecule has 5 nitrogen and oxygen atoms in total. The molecule has 0 aliphatic heterocycles. The van der Waals surface area contributed by atoms with Crippen molar-refractivity contribution in [1.29, 1.82) is 0 Å². The van der Waals surface area contributed by atoms with Gasteiger partial charge in [-0.2, -0.15) is 0 Å². The number of sulfone groups is 1. The fraction of sp³-hybridized carbons (Fsp3) is 0.500. The lowest BCUT2D eigenvalue weighted by Crippen LogP contribution is -2.41. The maximum atomic E-state index is 11.7. The highest BCUT2D eigenvalue weighted by atomic mass is 32.2. The highest BCUT2D eigenvalue weighted by molar-refractivity contribution is 7.90. The van der Waals surface area contributed by atoms with Gasteiger partial charge in [0.05, 0.1) is 10.6 Å². The maximum Gasteiger partial charge on any atom is 0.222 e. The van der Waals surface area contributed by atoms with Crippen molar-refractivity contribution in [3.8, 4) is 0 Å². The molecule has 1 aromatic rings. The number of benzene rings is 1. The first-order valence-electron chi connectivity index (χ1n) is 6.43. The minimum atomic E-state index is -3.28. The molecule has 20 heavy (non-hydrogen) atoms. The molecule has 0 aromatic heterocycles. The van der Waals surface area contributed by atoms with Crippen LogP contribution in [0.25, 0.3) is 0 Å². The van der Waals surface area contributed by atoms with Gasteiger partial charge in [0.2, 0.25) is 5.91 Å². The molecule has 0 radical (unpaired) electrons. The van der Waals surface area contributed by atoms with Gasteiger partial charge in [0.1, 0.15) is 0 Å². The van der Waals surface area contributed by atoms with Crippen LogP contribution in [0.1, 0.15) is 27.2 Å². The largest absolute Gasteiger partial charge is 0.383 e. The highest BCUT2D eigenvalue weighted by Gasteiger charge is 2.14. The summed E-state index contributed by atoms with van der Waals surface area (Å²) in [7, 11) is -3.28. The molecule has 0 unspecified atom stereocenters. The molecule has 1 rings (SSSR count). The van der Waals surface area contributed by atoms with E-state index in [4.69, 9.17) is 0 Å². The number of anilines is 1. The summed E-state index contributed by atoms with van der Waals surface area (Å²) in [6.07, 6.45) is 1.45. The summed E-state index contributed by atoms with van der Waals surface area (Å²) in [6.45, 7) is 6.13. The Balaban J connectivity index is 2.62. The van der Waals surface area contributed by atoms with E-state index in [0.717, 1.165) is 0 Å². The summed E-state index contributed by atoms with van der Waals surface area (Å²) in [5.41, 5.74) is 0.264. The SMILES string of the molecule is CC(C)(C)NC(=O)CCNc1ccccc1S(C)(=O)=O. The lowest BCUT2D eigenvalue weighted by Gasteiger charge is -2.20. The molecule has 0 aliphatic carbocycles. The zero-order valence-electron chi connectivity index (χ0n) is 12.4. The predicted molar refractivity (Wildman–Crippen MR) is 80.6 cm³/mol. The van der Waals surface area contributed by atoms with E-state index < -0.39 is 9.84 Å². The molecular weight excluding hydrogens is 276 g/mol. The minimum absolute atomic E-state index is 0.0677. The standard InChI is InChI=1S/C14H22N2O3S/c1-14(2,3)16-13(17)9-10-15-11-7-5-6-8-12(11)20(4,18)19/h5-8,15H,9-10H2,1-4H3,(H,16,17). The molecule has 6 heteroatoms. The number of amides is 1. The average Bonchev–Trinajstić information content (AvgIpc) is 2.25. The Hall–Kier alpha value is -1.56. The van der Waals surface area contributed by atoms with E-state index in [2.05, 4.69) is 10.6 Å². The first-order chi connectivity index (χ1) is 9.09. The lowest BCUT2D eigenvalue weighted by atomic mass is 10.1. The van der Waals surface area contributed by atoms with Crippen LogP contribution in [0.5, 0.6) is 0 Å². The second-order valence-corrected chi connectivity index (χ2v) is 7.73. The van der Waals surface area contributed by atoms with E-state index in [1.165, 1.54) is 6.26 Å². The molecule has 0 spiro atoms. The second-order valence-electron chi connectivity index (χ2n) is 5.74. The van der Waals surface area contributed by atoms with Crippen LogP contribution in [0.2, 0.25) is 0 Å². The third kappa shape index (κ3) is 5.61. The third-order valence-corrected chi connectivity index (χ3v) is 3.62. The van der Waals surface area contributed by atoms with Crippen LogP contribution in [0.15, 0.2) is 29.2 Å². The minimum Gasteiger partial charge on any atom is -0.383 e. The topological polar surface area (TPSA) is 75.3 Å². The molecule has 0 aliphatic rings. The van der Waals surface area contributed by atoms with Crippen LogP contribution >= 0.6 is 0 Å². The Morgan fingerprint density at radius 2 is 1.80 bits per heavy atom. The molecule has 0 fully saturated rings. The van der Waals surface area contributed by atoms with Gasteiger partial charge in [0.15, 0.2) is 9.84 Å². The van der Waals surface area contributed by atoms with Crippen molar-refractivity contribution in [2.24, 2.45) is 0 Å². The molecule has 0 saturated heterocycles. The van der Waals surface area contributed by atoms with Crippen molar-refractivity contribution in [3.63, 3.8) is 0 Å². The van der Waals surface area contributed by atoms with E-state index in [0.29, 0.717) is 12.2 Å². The van der Waals surface area contributed by atoms with Gasteiger partial charge in [-0.1, -0.05) is 12.1 Å². The molecule has 0 heterocycles. The Morgan fingerprint density at radius 3 is 2.35 bits per heavy atom. The summed E-state index contributed by atoms with van der Waals surface area (Å²) in [4.78, 5) is 11.9. The van der Waals surface area contributed by atoms with Crippen molar-refractivity contribution in [2.75, 3.05) is 18.1 Å². The van der Waals surface area contributed by atoms with Gasteiger partial charge >= 0.3 is 0 Å². The van der Waals surface area contributed by atoms with Gasteiger partial charge in [0, 0.05) is 24.8 Å². The second kappa shape index (κ2) is 6.26. The molecule has 1 aromatic carbocycles. The zero-order valence-corrected chi connectivity index (χ0v) is 13.2. The Morgan fingerprint density at radius 1 is 1.20 bits per heavy atom. The Labute approximate surface area is 120 Å². The summed E-state index contributed by atoms with van der Waals surface area (Å²) < 4.78 is 23.2. The first kappa shape index (κ1) is 16.5. The number of rotatable bonds is 5. The number of carbonyl (C=O) groups is 1. The van der Waals surface area contributed by atoms with E-state index in [1.54, 1.807) is 24.3 Å². The molecular formula is C14H22N2O3S. The molecule has 112 valence electrons. The van der Waals surface area contributed by atoms with Crippen LogP contribution < -0.4 is 10.6 Å². The smallest absolute Gasteiger partial charge is 0.222 e. The number of carbonyl (C=O) groups excluding carboxylic acids is 1. The van der Waals surface area contributed by atoms with Gasteiger partial charge in [-0.3, -0.25) is 4.79 Å². The van der Waals surface area contributed by atoms with Gasteiger partial charge in [-0.25, -0.2) is 8.42 Å². The number of hydrogen-bond donors (Lipinski definition) is 2. The fourth-order valence-corrected chi connectivity index (χ4v) is 2.59. The molecule has 1 amide bonds. The molecule has 0 atom stereocenters. The highest BCUT2D eigenvalue weighted by Crippen LogP contribution is 2.20. The first-order valence-corrected chi connectivity index (χ1v) is 8.33. The average molecular weight is 298 g/mol.